The molecule has 1 fully saturated rings. The number of morpholine rings is 1. The van der Waals surface area contributed by atoms with Gasteiger partial charge in [-0.05, 0) is 6.07 Å². The van der Waals surface area contributed by atoms with Crippen LogP contribution in [-0.2, 0) is 4.74 Å². The van der Waals surface area contributed by atoms with Crippen LogP contribution in [0.1, 0.15) is 0 Å². The summed E-state index contributed by atoms with van der Waals surface area (Å²) in [5.74, 6) is 1.55. The number of rotatable bonds is 3. The van der Waals surface area contributed by atoms with E-state index >= 15 is 0 Å². The number of hydrogen-bond donors (Lipinski definition) is 0. The van der Waals surface area contributed by atoms with Gasteiger partial charge < -0.3 is 19.1 Å². The normalized spacial score (nSPS) is 15.8. The molecule has 0 spiro atoms. The van der Waals surface area contributed by atoms with E-state index in [2.05, 4.69) is 4.90 Å². The zero-order valence-corrected chi connectivity index (χ0v) is 11.8. The summed E-state index contributed by atoms with van der Waals surface area (Å²) in [6.07, 6.45) is 0. The van der Waals surface area contributed by atoms with Crippen LogP contribution in [0.25, 0.3) is 10.2 Å². The molecule has 19 heavy (non-hydrogen) atoms. The van der Waals surface area contributed by atoms with Crippen molar-refractivity contribution in [3.05, 3.63) is 12.1 Å². The average molecular weight is 280 g/mol. The fourth-order valence-corrected chi connectivity index (χ4v) is 3.19. The number of benzene rings is 1. The zero-order chi connectivity index (χ0) is 13.2. The van der Waals surface area contributed by atoms with E-state index in [-0.39, 0.29) is 0 Å². The van der Waals surface area contributed by atoms with Gasteiger partial charge in [-0.15, -0.1) is 0 Å². The van der Waals surface area contributed by atoms with E-state index < -0.39 is 0 Å². The molecule has 2 aromatic rings. The fourth-order valence-electron chi connectivity index (χ4n) is 2.13. The molecule has 0 aliphatic carbocycles. The third-order valence-corrected chi connectivity index (χ3v) is 4.22. The molecule has 6 heteroatoms. The Morgan fingerprint density at radius 1 is 1.21 bits per heavy atom. The first-order chi connectivity index (χ1) is 9.31. The number of methoxy groups -OCH3 is 2. The van der Waals surface area contributed by atoms with Gasteiger partial charge in [-0.1, -0.05) is 11.3 Å². The van der Waals surface area contributed by atoms with Crippen LogP contribution in [0.2, 0.25) is 0 Å². The van der Waals surface area contributed by atoms with Crippen molar-refractivity contribution in [2.45, 2.75) is 0 Å². The molecule has 3 rings (SSSR count). The number of thiazole rings is 1. The quantitative estimate of drug-likeness (QED) is 0.862. The molecule has 0 saturated carbocycles. The van der Waals surface area contributed by atoms with Crippen LogP contribution in [0.5, 0.6) is 11.5 Å². The number of fused-ring (bicyclic) bond motifs is 1. The van der Waals surface area contributed by atoms with Gasteiger partial charge in [0.15, 0.2) is 5.13 Å². The van der Waals surface area contributed by atoms with Crippen molar-refractivity contribution in [1.29, 1.82) is 0 Å². The molecular formula is C13H16N2O3S. The maximum Gasteiger partial charge on any atom is 0.186 e. The summed E-state index contributed by atoms with van der Waals surface area (Å²) in [6, 6.07) is 3.87. The first-order valence-electron chi connectivity index (χ1n) is 6.17. The summed E-state index contributed by atoms with van der Waals surface area (Å²) in [6.45, 7) is 3.30. The Balaban J connectivity index is 2.03. The van der Waals surface area contributed by atoms with Crippen LogP contribution < -0.4 is 14.4 Å². The minimum atomic E-state index is 0.755. The number of anilines is 1. The molecule has 0 amide bonds. The summed E-state index contributed by atoms with van der Waals surface area (Å²) < 4.78 is 17.1. The van der Waals surface area contributed by atoms with Crippen molar-refractivity contribution in [2.75, 3.05) is 45.4 Å². The largest absolute Gasteiger partial charge is 0.497 e. The minimum absolute atomic E-state index is 0.755. The highest BCUT2D eigenvalue weighted by Crippen LogP contribution is 2.37. The van der Waals surface area contributed by atoms with Crippen molar-refractivity contribution in [3.8, 4) is 11.5 Å². The lowest BCUT2D eigenvalue weighted by atomic mass is 10.3. The van der Waals surface area contributed by atoms with Gasteiger partial charge in [0.05, 0.1) is 32.1 Å². The molecule has 1 aromatic heterocycles. The van der Waals surface area contributed by atoms with E-state index in [4.69, 9.17) is 19.2 Å². The highest BCUT2D eigenvalue weighted by Gasteiger charge is 2.17. The lowest BCUT2D eigenvalue weighted by Crippen LogP contribution is -2.36. The van der Waals surface area contributed by atoms with Crippen LogP contribution in [0.15, 0.2) is 12.1 Å². The first-order valence-corrected chi connectivity index (χ1v) is 6.98. The Morgan fingerprint density at radius 3 is 2.68 bits per heavy atom. The maximum absolute atomic E-state index is 5.39. The van der Waals surface area contributed by atoms with Crippen LogP contribution in [0.3, 0.4) is 0 Å². The molecule has 0 atom stereocenters. The van der Waals surface area contributed by atoms with Gasteiger partial charge in [-0.2, -0.15) is 0 Å². The molecule has 0 bridgehead atoms. The Bertz CT molecular complexity index is 579. The molecule has 1 aromatic carbocycles. The molecule has 0 radical (unpaired) electrons. The Morgan fingerprint density at radius 2 is 2.00 bits per heavy atom. The Labute approximate surface area is 115 Å². The second-order valence-electron chi connectivity index (χ2n) is 4.27. The third kappa shape index (κ3) is 2.33. The van der Waals surface area contributed by atoms with E-state index in [0.717, 1.165) is 53.2 Å². The number of ether oxygens (including phenoxy) is 3. The second kappa shape index (κ2) is 5.22. The highest BCUT2D eigenvalue weighted by molar-refractivity contribution is 7.22. The predicted molar refractivity (Wildman–Crippen MR) is 75.8 cm³/mol. The van der Waals surface area contributed by atoms with Gasteiger partial charge in [0.2, 0.25) is 0 Å². The van der Waals surface area contributed by atoms with Crippen molar-refractivity contribution < 1.29 is 14.2 Å². The average Bonchev–Trinajstić information content (AvgIpc) is 2.91. The number of hydrogen-bond acceptors (Lipinski definition) is 6. The van der Waals surface area contributed by atoms with Gasteiger partial charge in [0.25, 0.3) is 0 Å². The minimum Gasteiger partial charge on any atom is -0.497 e. The van der Waals surface area contributed by atoms with Crippen LogP contribution in [0.4, 0.5) is 5.13 Å². The van der Waals surface area contributed by atoms with Crippen LogP contribution in [-0.4, -0.2) is 45.5 Å². The molecule has 1 aliphatic rings. The molecule has 2 heterocycles. The van der Waals surface area contributed by atoms with E-state index in [1.807, 2.05) is 12.1 Å². The van der Waals surface area contributed by atoms with E-state index in [1.165, 1.54) is 0 Å². The summed E-state index contributed by atoms with van der Waals surface area (Å²) in [4.78, 5) is 6.94. The zero-order valence-electron chi connectivity index (χ0n) is 11.0. The van der Waals surface area contributed by atoms with Gasteiger partial charge in [-0.3, -0.25) is 0 Å². The van der Waals surface area contributed by atoms with Crippen LogP contribution in [0, 0.1) is 0 Å². The van der Waals surface area contributed by atoms with Crippen molar-refractivity contribution in [2.24, 2.45) is 0 Å². The smallest absolute Gasteiger partial charge is 0.186 e. The molecule has 0 N–H and O–H groups in total. The van der Waals surface area contributed by atoms with Gasteiger partial charge in [0.1, 0.15) is 17.0 Å². The van der Waals surface area contributed by atoms with Gasteiger partial charge >= 0.3 is 0 Å². The van der Waals surface area contributed by atoms with E-state index in [1.54, 1.807) is 25.6 Å². The number of nitrogens with zero attached hydrogens (tertiary/aromatic N) is 2. The molecule has 102 valence electrons. The van der Waals surface area contributed by atoms with Crippen molar-refractivity contribution in [3.63, 3.8) is 0 Å². The molecular weight excluding hydrogens is 264 g/mol. The standard InChI is InChI=1S/C13H16N2O3S/c1-16-9-7-10(17-2)12-11(8-9)19-13(14-12)15-3-5-18-6-4-15/h7-8H,3-6H2,1-2H3. The third-order valence-electron chi connectivity index (χ3n) is 3.16. The highest BCUT2D eigenvalue weighted by atomic mass is 32.1. The monoisotopic (exact) mass is 280 g/mol. The number of aromatic nitrogens is 1. The summed E-state index contributed by atoms with van der Waals surface area (Å²) in [7, 11) is 3.31. The molecule has 0 unspecified atom stereocenters. The van der Waals surface area contributed by atoms with Crippen molar-refractivity contribution in [1.82, 2.24) is 4.98 Å². The van der Waals surface area contributed by atoms with Gasteiger partial charge in [0, 0.05) is 19.2 Å². The van der Waals surface area contributed by atoms with Crippen LogP contribution >= 0.6 is 11.3 Å². The SMILES string of the molecule is COc1cc(OC)c2nc(N3CCOCC3)sc2c1. The summed E-state index contributed by atoms with van der Waals surface area (Å²) >= 11 is 1.66. The summed E-state index contributed by atoms with van der Waals surface area (Å²) in [5, 5.41) is 1.02. The Kier molecular flexibility index (Phi) is 3.44. The van der Waals surface area contributed by atoms with Crippen molar-refractivity contribution >= 4 is 26.7 Å². The lowest BCUT2D eigenvalue weighted by molar-refractivity contribution is 0.122. The summed E-state index contributed by atoms with van der Waals surface area (Å²) in [5.41, 5.74) is 0.898. The van der Waals surface area contributed by atoms with E-state index in [9.17, 15) is 0 Å². The fraction of sp³-hybridized carbons (Fsp3) is 0.462. The first kappa shape index (κ1) is 12.5. The lowest BCUT2D eigenvalue weighted by Gasteiger charge is -2.25. The van der Waals surface area contributed by atoms with E-state index in [0.29, 0.717) is 0 Å². The van der Waals surface area contributed by atoms with Gasteiger partial charge in [-0.25, -0.2) is 4.98 Å². The molecule has 1 aliphatic heterocycles. The molecule has 1 saturated heterocycles. The Hall–Kier alpha value is -1.53. The topological polar surface area (TPSA) is 43.8 Å². The second-order valence-corrected chi connectivity index (χ2v) is 5.28. The molecule has 5 nitrogen and oxygen atoms in total. The predicted octanol–water partition coefficient (Wildman–Crippen LogP) is 2.15. The maximum atomic E-state index is 5.39.